The molecule has 0 unspecified atom stereocenters. The third kappa shape index (κ3) is 4.36. The second-order valence-corrected chi connectivity index (χ2v) is 10.3. The molecule has 2 aromatic carbocycles. The van der Waals surface area contributed by atoms with E-state index in [4.69, 9.17) is 9.66 Å². The SMILES string of the molecule is NS(=O)(=O)c1ccc(-c2noc(-c3cnn4c(C5CC5)cc(-c5ccc(C(F)(F)F)cc5)nc34)n2)cc1. The van der Waals surface area contributed by atoms with Crippen molar-refractivity contribution < 1.29 is 26.1 Å². The van der Waals surface area contributed by atoms with E-state index in [2.05, 4.69) is 20.2 Å². The standard InChI is InChI=1S/C24H17F3N6O3S/c25-24(26,27)16-7-3-13(4-8-16)19-11-20(14-1-2-14)33-22(30-19)18(12-29-33)23-31-21(32-36-23)15-5-9-17(10-6-15)37(28,34)35/h3-12,14H,1-2H2,(H2,28,34,35). The van der Waals surface area contributed by atoms with E-state index in [-0.39, 0.29) is 22.5 Å². The topological polar surface area (TPSA) is 129 Å². The van der Waals surface area contributed by atoms with Crippen molar-refractivity contribution in [3.8, 4) is 34.1 Å². The van der Waals surface area contributed by atoms with Crippen LogP contribution in [0.5, 0.6) is 0 Å². The lowest BCUT2D eigenvalue weighted by molar-refractivity contribution is -0.137. The second-order valence-electron chi connectivity index (χ2n) is 8.70. The molecule has 1 aliphatic carbocycles. The third-order valence-corrected chi connectivity index (χ3v) is 7.03. The van der Waals surface area contributed by atoms with E-state index in [1.54, 1.807) is 10.7 Å². The average molecular weight is 527 g/mol. The summed E-state index contributed by atoms with van der Waals surface area (Å²) in [6, 6.07) is 12.4. The Morgan fingerprint density at radius 2 is 1.65 bits per heavy atom. The fraction of sp³-hybridized carbons (Fsp3) is 0.167. The van der Waals surface area contributed by atoms with Gasteiger partial charge in [0.15, 0.2) is 5.65 Å². The molecule has 1 fully saturated rings. The number of sulfonamides is 1. The number of rotatable bonds is 5. The number of hydrogen-bond donors (Lipinski definition) is 1. The minimum Gasteiger partial charge on any atom is -0.333 e. The van der Waals surface area contributed by atoms with Crippen LogP contribution in [0.15, 0.2) is 70.2 Å². The van der Waals surface area contributed by atoms with Gasteiger partial charge in [0.25, 0.3) is 5.89 Å². The number of primary sulfonamides is 1. The zero-order valence-corrected chi connectivity index (χ0v) is 19.7. The quantitative estimate of drug-likeness (QED) is 0.353. The molecular formula is C24H17F3N6O3S. The maximum Gasteiger partial charge on any atom is 0.416 e. The summed E-state index contributed by atoms with van der Waals surface area (Å²) in [5.41, 5.74) is 2.59. The van der Waals surface area contributed by atoms with Crippen molar-refractivity contribution in [2.75, 3.05) is 0 Å². The molecule has 0 spiro atoms. The molecule has 0 aliphatic heterocycles. The van der Waals surface area contributed by atoms with E-state index in [0.29, 0.717) is 28.0 Å². The van der Waals surface area contributed by atoms with Crippen molar-refractivity contribution in [1.82, 2.24) is 24.7 Å². The van der Waals surface area contributed by atoms with Crippen molar-refractivity contribution in [3.05, 3.63) is 72.1 Å². The third-order valence-electron chi connectivity index (χ3n) is 6.10. The van der Waals surface area contributed by atoms with Crippen LogP contribution in [0.3, 0.4) is 0 Å². The molecule has 37 heavy (non-hydrogen) atoms. The smallest absolute Gasteiger partial charge is 0.333 e. The molecule has 13 heteroatoms. The van der Waals surface area contributed by atoms with Crippen molar-refractivity contribution in [2.45, 2.75) is 29.8 Å². The zero-order chi connectivity index (χ0) is 25.9. The van der Waals surface area contributed by atoms with Crippen LogP contribution in [0.25, 0.3) is 39.7 Å². The molecule has 9 nitrogen and oxygen atoms in total. The monoisotopic (exact) mass is 526 g/mol. The predicted octanol–water partition coefficient (Wildman–Crippen LogP) is 4.66. The summed E-state index contributed by atoms with van der Waals surface area (Å²) in [5.74, 6) is 0.623. The van der Waals surface area contributed by atoms with Gasteiger partial charge in [0.05, 0.1) is 22.3 Å². The Kier molecular flexibility index (Phi) is 5.17. The van der Waals surface area contributed by atoms with Gasteiger partial charge in [0.1, 0.15) is 5.56 Å². The van der Waals surface area contributed by atoms with Gasteiger partial charge in [0, 0.05) is 22.7 Å². The lowest BCUT2D eigenvalue weighted by atomic mass is 10.1. The van der Waals surface area contributed by atoms with Crippen molar-refractivity contribution in [2.24, 2.45) is 5.14 Å². The molecule has 0 amide bonds. The molecule has 5 aromatic rings. The van der Waals surface area contributed by atoms with Gasteiger partial charge in [-0.2, -0.15) is 23.3 Å². The van der Waals surface area contributed by atoms with Gasteiger partial charge in [-0.05, 0) is 55.3 Å². The molecule has 6 rings (SSSR count). The van der Waals surface area contributed by atoms with Gasteiger partial charge in [-0.1, -0.05) is 17.3 Å². The fourth-order valence-corrected chi connectivity index (χ4v) is 4.54. The number of nitrogens with two attached hydrogens (primary N) is 1. The Hall–Kier alpha value is -4.10. The van der Waals surface area contributed by atoms with Crippen LogP contribution in [0.2, 0.25) is 0 Å². The molecule has 188 valence electrons. The molecule has 1 saturated carbocycles. The van der Waals surface area contributed by atoms with Crippen LogP contribution in [-0.2, 0) is 16.2 Å². The van der Waals surface area contributed by atoms with E-state index in [1.807, 2.05) is 6.07 Å². The highest BCUT2D eigenvalue weighted by molar-refractivity contribution is 7.89. The highest BCUT2D eigenvalue weighted by Gasteiger charge is 2.31. The Morgan fingerprint density at radius 1 is 0.973 bits per heavy atom. The number of hydrogen-bond acceptors (Lipinski definition) is 7. The lowest BCUT2D eigenvalue weighted by Gasteiger charge is -2.10. The van der Waals surface area contributed by atoms with Crippen LogP contribution in [-0.4, -0.2) is 33.2 Å². The number of aromatic nitrogens is 5. The number of fused-ring (bicyclic) bond motifs is 1. The van der Waals surface area contributed by atoms with E-state index < -0.39 is 21.8 Å². The van der Waals surface area contributed by atoms with Crippen LogP contribution in [0.4, 0.5) is 13.2 Å². The van der Waals surface area contributed by atoms with Gasteiger partial charge in [-0.3, -0.25) is 0 Å². The van der Waals surface area contributed by atoms with Crippen LogP contribution >= 0.6 is 0 Å². The Bertz CT molecular complexity index is 1740. The van der Waals surface area contributed by atoms with Gasteiger partial charge in [-0.15, -0.1) is 0 Å². The maximum atomic E-state index is 13.0. The lowest BCUT2D eigenvalue weighted by Crippen LogP contribution is -2.11. The minimum absolute atomic E-state index is 0.0461. The van der Waals surface area contributed by atoms with Crippen LogP contribution in [0, 0.1) is 0 Å². The van der Waals surface area contributed by atoms with Gasteiger partial charge in [0.2, 0.25) is 15.8 Å². The van der Waals surface area contributed by atoms with Crippen molar-refractivity contribution in [1.29, 1.82) is 0 Å². The van der Waals surface area contributed by atoms with Gasteiger partial charge >= 0.3 is 6.18 Å². The second kappa shape index (κ2) is 8.21. The highest BCUT2D eigenvalue weighted by atomic mass is 32.2. The summed E-state index contributed by atoms with van der Waals surface area (Å²) in [4.78, 5) is 9.05. The highest BCUT2D eigenvalue weighted by Crippen LogP contribution is 2.42. The molecule has 2 N–H and O–H groups in total. The summed E-state index contributed by atoms with van der Waals surface area (Å²) in [7, 11) is -3.84. The summed E-state index contributed by atoms with van der Waals surface area (Å²) in [5, 5.41) is 13.6. The number of nitrogens with zero attached hydrogens (tertiary/aromatic N) is 5. The first kappa shape index (κ1) is 23.3. The Labute approximate surface area is 207 Å². The number of benzene rings is 2. The molecule has 3 heterocycles. The molecule has 1 aliphatic rings. The summed E-state index contributed by atoms with van der Waals surface area (Å²) < 4.78 is 69.2. The molecule has 0 bridgehead atoms. The molecular weight excluding hydrogens is 509 g/mol. The van der Waals surface area contributed by atoms with Gasteiger partial charge < -0.3 is 4.52 Å². The largest absolute Gasteiger partial charge is 0.416 e. The minimum atomic E-state index is -4.43. The molecule has 0 saturated heterocycles. The van der Waals surface area contributed by atoms with E-state index in [1.165, 1.54) is 36.4 Å². The van der Waals surface area contributed by atoms with Crippen molar-refractivity contribution in [3.63, 3.8) is 0 Å². The molecule has 0 radical (unpaired) electrons. The van der Waals surface area contributed by atoms with Gasteiger partial charge in [-0.25, -0.2) is 23.1 Å². The van der Waals surface area contributed by atoms with Crippen LogP contribution in [0.1, 0.15) is 30.0 Å². The summed E-state index contributed by atoms with van der Waals surface area (Å²) >= 11 is 0. The maximum absolute atomic E-state index is 13.0. The van der Waals surface area contributed by atoms with E-state index in [0.717, 1.165) is 30.7 Å². The summed E-state index contributed by atoms with van der Waals surface area (Å²) in [6.45, 7) is 0. The number of alkyl halides is 3. The zero-order valence-electron chi connectivity index (χ0n) is 18.8. The van der Waals surface area contributed by atoms with Crippen molar-refractivity contribution >= 4 is 15.7 Å². The normalized spacial score (nSPS) is 14.4. The molecule has 3 aromatic heterocycles. The molecule has 0 atom stereocenters. The Balaban J connectivity index is 1.41. The Morgan fingerprint density at radius 3 is 2.27 bits per heavy atom. The summed E-state index contributed by atoms with van der Waals surface area (Å²) in [6.07, 6.45) is -0.936. The average Bonchev–Trinajstić information content (AvgIpc) is 3.44. The van der Waals surface area contributed by atoms with E-state index in [9.17, 15) is 21.6 Å². The predicted molar refractivity (Wildman–Crippen MR) is 126 cm³/mol. The fourth-order valence-electron chi connectivity index (χ4n) is 4.03. The van der Waals surface area contributed by atoms with E-state index >= 15 is 0 Å². The number of halogens is 3. The first-order valence-corrected chi connectivity index (χ1v) is 12.7. The first-order valence-electron chi connectivity index (χ1n) is 11.1. The first-order chi connectivity index (χ1) is 17.6. The van der Waals surface area contributed by atoms with Crippen LogP contribution < -0.4 is 5.14 Å².